The zero-order valence-electron chi connectivity index (χ0n) is 14.4. The van der Waals surface area contributed by atoms with Crippen LogP contribution in [0.15, 0.2) is 59.5 Å². The summed E-state index contributed by atoms with van der Waals surface area (Å²) in [4.78, 5) is 13.6. The lowest BCUT2D eigenvalue weighted by molar-refractivity contribution is -0.125. The van der Waals surface area contributed by atoms with Crippen molar-refractivity contribution in [2.45, 2.75) is 17.7 Å². The molecular weight excluding hydrogens is 352 g/mol. The number of sulfonamides is 1. The second-order valence-corrected chi connectivity index (χ2v) is 7.85. The Balaban J connectivity index is 1.56. The van der Waals surface area contributed by atoms with Crippen LogP contribution in [0, 0.1) is 0 Å². The number of rotatable bonds is 7. The van der Waals surface area contributed by atoms with Crippen molar-refractivity contribution in [3.63, 3.8) is 0 Å². The summed E-state index contributed by atoms with van der Waals surface area (Å²) in [7, 11) is -3.55. The second-order valence-electron chi connectivity index (χ2n) is 6.08. The molecule has 0 bridgehead atoms. The molecule has 2 aromatic carbocycles. The molecule has 3 rings (SSSR count). The standard InChI is InChI=1S/C19H22N2O4S/c22-19-15-25-14-13-21(19)17-8-10-18(11-9-17)26(23,24)20-12-4-7-16-5-2-1-3-6-16/h1-3,5-6,8-11,20H,4,7,12-15H2. The number of ether oxygens (including phenoxy) is 1. The summed E-state index contributed by atoms with van der Waals surface area (Å²) in [6.45, 7) is 1.39. The van der Waals surface area contributed by atoms with Crippen molar-refractivity contribution in [1.29, 1.82) is 0 Å². The van der Waals surface area contributed by atoms with Crippen molar-refractivity contribution in [3.05, 3.63) is 60.2 Å². The van der Waals surface area contributed by atoms with Gasteiger partial charge in [-0.25, -0.2) is 13.1 Å². The van der Waals surface area contributed by atoms with Crippen LogP contribution in [0.3, 0.4) is 0 Å². The number of nitrogens with zero attached hydrogens (tertiary/aromatic N) is 1. The third-order valence-electron chi connectivity index (χ3n) is 4.22. The highest BCUT2D eigenvalue weighted by Crippen LogP contribution is 2.19. The summed E-state index contributed by atoms with van der Waals surface area (Å²) in [5.41, 5.74) is 1.87. The average molecular weight is 374 g/mol. The molecule has 0 saturated carbocycles. The highest BCUT2D eigenvalue weighted by atomic mass is 32.2. The van der Waals surface area contributed by atoms with Crippen LogP contribution in [0.5, 0.6) is 0 Å². The number of amides is 1. The molecule has 7 heteroatoms. The summed E-state index contributed by atoms with van der Waals surface area (Å²) in [5, 5.41) is 0. The van der Waals surface area contributed by atoms with Gasteiger partial charge in [-0.05, 0) is 42.7 Å². The van der Waals surface area contributed by atoms with Crippen molar-refractivity contribution in [3.8, 4) is 0 Å². The molecule has 1 aliphatic heterocycles. The largest absolute Gasteiger partial charge is 0.370 e. The molecule has 0 aliphatic carbocycles. The van der Waals surface area contributed by atoms with E-state index in [9.17, 15) is 13.2 Å². The number of hydrogen-bond donors (Lipinski definition) is 1. The van der Waals surface area contributed by atoms with E-state index in [0.717, 1.165) is 12.8 Å². The first-order chi connectivity index (χ1) is 12.6. The van der Waals surface area contributed by atoms with Crippen molar-refractivity contribution < 1.29 is 17.9 Å². The molecule has 0 aromatic heterocycles. The van der Waals surface area contributed by atoms with E-state index in [4.69, 9.17) is 4.74 Å². The first-order valence-electron chi connectivity index (χ1n) is 8.58. The fourth-order valence-corrected chi connectivity index (χ4v) is 3.90. The zero-order chi connectivity index (χ0) is 18.4. The Hall–Kier alpha value is -2.22. The fraction of sp³-hybridized carbons (Fsp3) is 0.316. The van der Waals surface area contributed by atoms with Crippen LogP contribution in [0.1, 0.15) is 12.0 Å². The zero-order valence-corrected chi connectivity index (χ0v) is 15.2. The quantitative estimate of drug-likeness (QED) is 0.752. The summed E-state index contributed by atoms with van der Waals surface area (Å²) in [5.74, 6) is -0.120. The molecule has 0 atom stereocenters. The predicted octanol–water partition coefficient (Wildman–Crippen LogP) is 1.96. The lowest BCUT2D eigenvalue weighted by atomic mass is 10.1. The monoisotopic (exact) mass is 374 g/mol. The van der Waals surface area contributed by atoms with E-state index in [1.54, 1.807) is 17.0 Å². The number of benzene rings is 2. The number of carbonyl (C=O) groups is 1. The molecule has 1 amide bonds. The SMILES string of the molecule is O=C1COCCN1c1ccc(S(=O)(=O)NCCCc2ccccc2)cc1. The molecule has 0 spiro atoms. The van der Waals surface area contributed by atoms with Gasteiger partial charge in [-0.2, -0.15) is 0 Å². The maximum absolute atomic E-state index is 12.4. The molecule has 0 unspecified atom stereocenters. The van der Waals surface area contributed by atoms with E-state index in [2.05, 4.69) is 4.72 Å². The van der Waals surface area contributed by atoms with Gasteiger partial charge in [-0.15, -0.1) is 0 Å². The van der Waals surface area contributed by atoms with Crippen LogP contribution in [0.25, 0.3) is 0 Å². The van der Waals surface area contributed by atoms with Gasteiger partial charge in [-0.3, -0.25) is 4.79 Å². The number of hydrogen-bond acceptors (Lipinski definition) is 4. The molecule has 138 valence electrons. The summed E-state index contributed by atoms with van der Waals surface area (Å²) in [6.07, 6.45) is 1.55. The molecule has 26 heavy (non-hydrogen) atoms. The molecule has 0 radical (unpaired) electrons. The van der Waals surface area contributed by atoms with Gasteiger partial charge in [0.05, 0.1) is 11.5 Å². The summed E-state index contributed by atoms with van der Waals surface area (Å²) >= 11 is 0. The molecular formula is C19H22N2O4S. The highest BCUT2D eigenvalue weighted by molar-refractivity contribution is 7.89. The van der Waals surface area contributed by atoms with Gasteiger partial charge >= 0.3 is 0 Å². The number of aryl methyl sites for hydroxylation is 1. The lowest BCUT2D eigenvalue weighted by Gasteiger charge is -2.26. The smallest absolute Gasteiger partial charge is 0.253 e. The molecule has 1 N–H and O–H groups in total. The van der Waals surface area contributed by atoms with Crippen LogP contribution >= 0.6 is 0 Å². The molecule has 1 aliphatic rings. The van der Waals surface area contributed by atoms with Gasteiger partial charge < -0.3 is 9.64 Å². The first-order valence-corrected chi connectivity index (χ1v) is 10.1. The van der Waals surface area contributed by atoms with Crippen LogP contribution < -0.4 is 9.62 Å². The van der Waals surface area contributed by atoms with E-state index < -0.39 is 10.0 Å². The van der Waals surface area contributed by atoms with Crippen LogP contribution in [0.2, 0.25) is 0 Å². The third kappa shape index (κ3) is 4.69. The van der Waals surface area contributed by atoms with Crippen molar-refractivity contribution in [2.24, 2.45) is 0 Å². The Morgan fingerprint density at radius 3 is 2.46 bits per heavy atom. The number of morpholine rings is 1. The highest BCUT2D eigenvalue weighted by Gasteiger charge is 2.21. The van der Waals surface area contributed by atoms with Crippen LogP contribution in [-0.4, -0.2) is 40.6 Å². The predicted molar refractivity (Wildman–Crippen MR) is 99.6 cm³/mol. The summed E-state index contributed by atoms with van der Waals surface area (Å²) in [6, 6.07) is 16.3. The minimum atomic E-state index is -3.55. The van der Waals surface area contributed by atoms with Crippen LogP contribution in [-0.2, 0) is 26.0 Å². The van der Waals surface area contributed by atoms with E-state index in [1.807, 2.05) is 30.3 Å². The Morgan fingerprint density at radius 2 is 1.77 bits per heavy atom. The Bertz CT molecular complexity index is 836. The van der Waals surface area contributed by atoms with Crippen molar-refractivity contribution in [2.75, 3.05) is 31.2 Å². The van der Waals surface area contributed by atoms with Gasteiger partial charge in [0.1, 0.15) is 6.61 Å². The van der Waals surface area contributed by atoms with E-state index in [1.165, 1.54) is 17.7 Å². The van der Waals surface area contributed by atoms with Gasteiger partial charge in [-0.1, -0.05) is 30.3 Å². The number of nitrogens with one attached hydrogen (secondary N) is 1. The minimum Gasteiger partial charge on any atom is -0.370 e. The minimum absolute atomic E-state index is 0.0586. The van der Waals surface area contributed by atoms with E-state index in [-0.39, 0.29) is 17.4 Å². The maximum Gasteiger partial charge on any atom is 0.253 e. The first kappa shape index (κ1) is 18.6. The number of carbonyl (C=O) groups excluding carboxylic acids is 1. The van der Waals surface area contributed by atoms with Gasteiger partial charge in [0.25, 0.3) is 5.91 Å². The normalized spacial score (nSPS) is 15.2. The van der Waals surface area contributed by atoms with E-state index >= 15 is 0 Å². The molecule has 1 saturated heterocycles. The van der Waals surface area contributed by atoms with Gasteiger partial charge in [0, 0.05) is 18.8 Å². The van der Waals surface area contributed by atoms with Crippen molar-refractivity contribution >= 4 is 21.6 Å². The van der Waals surface area contributed by atoms with E-state index in [0.29, 0.717) is 25.4 Å². The van der Waals surface area contributed by atoms with Crippen LogP contribution in [0.4, 0.5) is 5.69 Å². The van der Waals surface area contributed by atoms with Gasteiger partial charge in [0.2, 0.25) is 10.0 Å². The molecule has 6 nitrogen and oxygen atoms in total. The fourth-order valence-electron chi connectivity index (χ4n) is 2.82. The topological polar surface area (TPSA) is 75.7 Å². The van der Waals surface area contributed by atoms with Gasteiger partial charge in [0.15, 0.2) is 0 Å². The third-order valence-corrected chi connectivity index (χ3v) is 5.70. The van der Waals surface area contributed by atoms with Crippen molar-refractivity contribution in [1.82, 2.24) is 4.72 Å². The molecule has 1 fully saturated rings. The molecule has 1 heterocycles. The Kier molecular flexibility index (Phi) is 6.03. The second kappa shape index (κ2) is 8.44. The lowest BCUT2D eigenvalue weighted by Crippen LogP contribution is -2.41. The number of anilines is 1. The Morgan fingerprint density at radius 1 is 1.04 bits per heavy atom. The Labute approximate surface area is 153 Å². The maximum atomic E-state index is 12.4. The summed E-state index contributed by atoms with van der Waals surface area (Å²) < 4.78 is 32.5. The molecule has 2 aromatic rings. The average Bonchev–Trinajstić information content (AvgIpc) is 2.67.